The highest BCUT2D eigenvalue weighted by molar-refractivity contribution is 5.93. The number of aromatic amines is 1. The monoisotopic (exact) mass is 459 g/mol. The molecule has 1 aromatic heterocycles. The second-order valence-electron chi connectivity index (χ2n) is 8.74. The van der Waals surface area contributed by atoms with Gasteiger partial charge in [0.05, 0.1) is 12.6 Å². The van der Waals surface area contributed by atoms with E-state index >= 15 is 0 Å². The van der Waals surface area contributed by atoms with Crippen molar-refractivity contribution in [3.63, 3.8) is 0 Å². The van der Waals surface area contributed by atoms with E-state index < -0.39 is 41.8 Å². The molecule has 7 N–H and O–H groups in total. The molecule has 0 bridgehead atoms. The Morgan fingerprint density at radius 1 is 1.00 bits per heavy atom. The van der Waals surface area contributed by atoms with E-state index in [1.54, 1.807) is 33.9 Å². The minimum atomic E-state index is -1.16. The van der Waals surface area contributed by atoms with Crippen LogP contribution in [-0.4, -0.2) is 58.5 Å². The lowest BCUT2D eigenvalue weighted by molar-refractivity contribution is -0.143. The Hall–Kier alpha value is -3.40. The third kappa shape index (κ3) is 7.04. The van der Waals surface area contributed by atoms with Crippen LogP contribution in [0, 0.1) is 11.8 Å². The molecule has 2 aromatic rings. The summed E-state index contributed by atoms with van der Waals surface area (Å²) in [6, 6.07) is 4.60. The Labute approximate surface area is 192 Å². The average Bonchev–Trinajstić information content (AvgIpc) is 3.16. The molecule has 0 spiro atoms. The number of aromatic nitrogens is 1. The quantitative estimate of drug-likeness (QED) is 0.286. The molecule has 2 rings (SSSR count). The Balaban J connectivity index is 2.17. The van der Waals surface area contributed by atoms with Crippen molar-refractivity contribution in [2.24, 2.45) is 17.6 Å². The maximum Gasteiger partial charge on any atom is 0.326 e. The first-order valence-electron chi connectivity index (χ1n) is 10.9. The highest BCUT2D eigenvalue weighted by Crippen LogP contribution is 2.19. The van der Waals surface area contributed by atoms with Crippen molar-refractivity contribution in [1.29, 1.82) is 0 Å². The van der Waals surface area contributed by atoms with Gasteiger partial charge in [-0.05, 0) is 23.5 Å². The number of carbonyl (C=O) groups excluding carboxylic acids is 3. The molecular weight excluding hydrogens is 426 g/mol. The number of rotatable bonds is 11. The number of hydrogen-bond donors (Lipinski definition) is 6. The zero-order chi connectivity index (χ0) is 24.7. The van der Waals surface area contributed by atoms with Crippen molar-refractivity contribution in [3.05, 3.63) is 36.0 Å². The van der Waals surface area contributed by atoms with Crippen molar-refractivity contribution in [2.45, 2.75) is 52.2 Å². The van der Waals surface area contributed by atoms with E-state index in [9.17, 15) is 24.3 Å². The van der Waals surface area contributed by atoms with Gasteiger partial charge in [-0.1, -0.05) is 45.9 Å². The van der Waals surface area contributed by atoms with Crippen molar-refractivity contribution in [2.75, 3.05) is 6.54 Å². The summed E-state index contributed by atoms with van der Waals surface area (Å²) in [6.07, 6.45) is 1.88. The maximum atomic E-state index is 13.0. The number of carbonyl (C=O) groups is 4. The second-order valence-corrected chi connectivity index (χ2v) is 8.74. The van der Waals surface area contributed by atoms with E-state index in [4.69, 9.17) is 5.73 Å². The van der Waals surface area contributed by atoms with Crippen molar-refractivity contribution < 1.29 is 24.3 Å². The molecule has 3 amide bonds. The van der Waals surface area contributed by atoms with Crippen LogP contribution in [0.15, 0.2) is 30.5 Å². The van der Waals surface area contributed by atoms with Gasteiger partial charge >= 0.3 is 5.97 Å². The van der Waals surface area contributed by atoms with Crippen LogP contribution in [0.2, 0.25) is 0 Å². The predicted molar refractivity (Wildman–Crippen MR) is 124 cm³/mol. The zero-order valence-corrected chi connectivity index (χ0v) is 19.3. The Bertz CT molecular complexity index is 1000. The highest BCUT2D eigenvalue weighted by atomic mass is 16.4. The minimum Gasteiger partial charge on any atom is -0.480 e. The van der Waals surface area contributed by atoms with Gasteiger partial charge in [0, 0.05) is 23.5 Å². The molecule has 1 aromatic carbocycles. The Morgan fingerprint density at radius 3 is 2.27 bits per heavy atom. The lowest BCUT2D eigenvalue weighted by Gasteiger charge is -2.23. The summed E-state index contributed by atoms with van der Waals surface area (Å²) < 4.78 is 0. The van der Waals surface area contributed by atoms with E-state index in [0.29, 0.717) is 0 Å². The summed E-state index contributed by atoms with van der Waals surface area (Å²) >= 11 is 0. The molecule has 0 saturated heterocycles. The minimum absolute atomic E-state index is 0.0996. The zero-order valence-electron chi connectivity index (χ0n) is 19.3. The lowest BCUT2D eigenvalue weighted by atomic mass is 10.0. The second kappa shape index (κ2) is 11.5. The van der Waals surface area contributed by atoms with Gasteiger partial charge in [0.2, 0.25) is 17.7 Å². The first-order chi connectivity index (χ1) is 15.5. The van der Waals surface area contributed by atoms with Gasteiger partial charge in [0.25, 0.3) is 0 Å². The van der Waals surface area contributed by atoms with Crippen LogP contribution in [0.1, 0.15) is 33.3 Å². The van der Waals surface area contributed by atoms with Crippen LogP contribution < -0.4 is 21.7 Å². The number of nitrogens with two attached hydrogens (primary N) is 1. The fourth-order valence-corrected chi connectivity index (χ4v) is 3.33. The SMILES string of the molecule is CC(C)C(N)C(=O)NCC(=O)NC(Cc1c[nH]c2ccccc12)C(=O)NC(C(=O)O)C(C)C. The third-order valence-electron chi connectivity index (χ3n) is 5.43. The van der Waals surface area contributed by atoms with E-state index in [2.05, 4.69) is 20.9 Å². The van der Waals surface area contributed by atoms with Gasteiger partial charge in [-0.25, -0.2) is 4.79 Å². The number of amides is 3. The van der Waals surface area contributed by atoms with E-state index in [0.717, 1.165) is 16.5 Å². The summed E-state index contributed by atoms with van der Waals surface area (Å²) in [5.41, 5.74) is 7.44. The van der Waals surface area contributed by atoms with Gasteiger partial charge in [0.15, 0.2) is 0 Å². The summed E-state index contributed by atoms with van der Waals surface area (Å²) in [5, 5.41) is 17.9. The summed E-state index contributed by atoms with van der Waals surface area (Å²) in [4.78, 5) is 52.2. The average molecular weight is 460 g/mol. The van der Waals surface area contributed by atoms with E-state index in [1.165, 1.54) is 0 Å². The number of aliphatic carboxylic acids is 1. The van der Waals surface area contributed by atoms with Crippen molar-refractivity contribution in [1.82, 2.24) is 20.9 Å². The number of hydrogen-bond acceptors (Lipinski definition) is 5. The molecule has 3 unspecified atom stereocenters. The summed E-state index contributed by atoms with van der Waals surface area (Å²) in [7, 11) is 0. The Kier molecular flexibility index (Phi) is 8.98. The topological polar surface area (TPSA) is 166 Å². The number of benzene rings is 1. The van der Waals surface area contributed by atoms with Gasteiger partial charge < -0.3 is 31.8 Å². The van der Waals surface area contributed by atoms with Gasteiger partial charge in [-0.2, -0.15) is 0 Å². The summed E-state index contributed by atoms with van der Waals surface area (Å²) in [6.45, 7) is 6.59. The molecule has 33 heavy (non-hydrogen) atoms. The van der Waals surface area contributed by atoms with E-state index in [1.807, 2.05) is 24.3 Å². The number of H-pyrrole nitrogens is 1. The fourth-order valence-electron chi connectivity index (χ4n) is 3.33. The van der Waals surface area contributed by atoms with Crippen LogP contribution in [-0.2, 0) is 25.6 Å². The Morgan fingerprint density at radius 2 is 1.67 bits per heavy atom. The van der Waals surface area contributed by atoms with Crippen LogP contribution in [0.3, 0.4) is 0 Å². The molecule has 0 aliphatic heterocycles. The number of fused-ring (bicyclic) bond motifs is 1. The molecule has 0 aliphatic carbocycles. The van der Waals surface area contributed by atoms with Gasteiger partial charge in [-0.15, -0.1) is 0 Å². The first kappa shape index (κ1) is 25.9. The van der Waals surface area contributed by atoms with Crippen molar-refractivity contribution in [3.8, 4) is 0 Å². The largest absolute Gasteiger partial charge is 0.480 e. The standard InChI is InChI=1S/C23H33N5O5/c1-12(2)19(24)22(31)26-11-18(29)27-17(21(30)28-20(13(3)4)23(32)33)9-14-10-25-16-8-6-5-7-15(14)16/h5-8,10,12-13,17,19-20,25H,9,11,24H2,1-4H3,(H,26,31)(H,27,29)(H,28,30)(H,32,33). The van der Waals surface area contributed by atoms with Crippen LogP contribution in [0.25, 0.3) is 10.9 Å². The molecule has 0 saturated carbocycles. The van der Waals surface area contributed by atoms with Crippen LogP contribution >= 0.6 is 0 Å². The smallest absolute Gasteiger partial charge is 0.326 e. The number of para-hydroxylation sites is 1. The first-order valence-corrected chi connectivity index (χ1v) is 10.9. The van der Waals surface area contributed by atoms with Gasteiger partial charge in [-0.3, -0.25) is 14.4 Å². The number of carboxylic acids is 1. The maximum absolute atomic E-state index is 13.0. The molecule has 0 aliphatic rings. The van der Waals surface area contributed by atoms with Crippen molar-refractivity contribution >= 4 is 34.6 Å². The van der Waals surface area contributed by atoms with Gasteiger partial charge in [0.1, 0.15) is 12.1 Å². The van der Waals surface area contributed by atoms with Crippen LogP contribution in [0.4, 0.5) is 0 Å². The molecule has 1 heterocycles. The molecular formula is C23H33N5O5. The highest BCUT2D eigenvalue weighted by Gasteiger charge is 2.29. The number of nitrogens with one attached hydrogen (secondary N) is 4. The molecule has 3 atom stereocenters. The van der Waals surface area contributed by atoms with E-state index in [-0.39, 0.29) is 24.8 Å². The molecule has 10 heteroatoms. The number of carboxylic acid groups (broad SMARTS) is 1. The molecule has 10 nitrogen and oxygen atoms in total. The third-order valence-corrected chi connectivity index (χ3v) is 5.43. The predicted octanol–water partition coefficient (Wildman–Crippen LogP) is 0.520. The fraction of sp³-hybridized carbons (Fsp3) is 0.478. The molecule has 0 fully saturated rings. The molecule has 0 radical (unpaired) electrons. The molecule has 180 valence electrons. The van der Waals surface area contributed by atoms with Crippen LogP contribution in [0.5, 0.6) is 0 Å². The summed E-state index contributed by atoms with van der Waals surface area (Å²) in [5.74, 6) is -3.30. The normalized spacial score (nSPS) is 14.0. The lowest BCUT2D eigenvalue weighted by Crippen LogP contribution is -2.55.